The minimum absolute atomic E-state index is 0.0812. The summed E-state index contributed by atoms with van der Waals surface area (Å²) in [7, 11) is -3.74. The van der Waals surface area contributed by atoms with Gasteiger partial charge >= 0.3 is 7.82 Å². The zero-order chi connectivity index (χ0) is 26.2. The monoisotopic (exact) mass is 536 g/mol. The zero-order valence-corrected chi connectivity index (χ0v) is 24.1. The van der Waals surface area contributed by atoms with E-state index < -0.39 is 7.82 Å². The third-order valence-corrected chi connectivity index (χ3v) is 12.6. The number of phosphoric ester groups is 1. The van der Waals surface area contributed by atoms with Crippen LogP contribution in [0.5, 0.6) is 0 Å². The highest BCUT2D eigenvalue weighted by molar-refractivity contribution is 7.48. The van der Waals surface area contributed by atoms with Crippen LogP contribution in [0.3, 0.4) is 0 Å². The van der Waals surface area contributed by atoms with E-state index >= 15 is 0 Å². The molecule has 4 fully saturated rings. The molecule has 7 atom stereocenters. The van der Waals surface area contributed by atoms with E-state index in [-0.39, 0.29) is 19.3 Å². The van der Waals surface area contributed by atoms with E-state index in [0.29, 0.717) is 16.7 Å². The van der Waals surface area contributed by atoms with Gasteiger partial charge in [-0.3, -0.25) is 13.6 Å². The van der Waals surface area contributed by atoms with Gasteiger partial charge in [-0.2, -0.15) is 0 Å². The second kappa shape index (κ2) is 10.8. The van der Waals surface area contributed by atoms with E-state index in [1.165, 1.54) is 44.9 Å². The van der Waals surface area contributed by atoms with Crippen LogP contribution < -0.4 is 0 Å². The quantitative estimate of drug-likeness (QED) is 0.315. The molecule has 4 aliphatic carbocycles. The maximum atomic E-state index is 14.0. The van der Waals surface area contributed by atoms with Crippen LogP contribution in [0.25, 0.3) is 0 Å². The van der Waals surface area contributed by atoms with Gasteiger partial charge in [-0.25, -0.2) is 4.57 Å². The molecule has 4 nitrogen and oxygen atoms in total. The van der Waals surface area contributed by atoms with Crippen LogP contribution >= 0.6 is 7.82 Å². The fourth-order valence-corrected chi connectivity index (χ4v) is 10.4. The fourth-order valence-electron chi connectivity index (χ4n) is 9.04. The Kier molecular flexibility index (Phi) is 7.64. The smallest absolute Gasteiger partial charge is 0.284 e. The number of hydrogen-bond acceptors (Lipinski definition) is 4. The summed E-state index contributed by atoms with van der Waals surface area (Å²) in [6.45, 7) is 5.59. The van der Waals surface area contributed by atoms with Crippen LogP contribution in [0.2, 0.25) is 0 Å². The van der Waals surface area contributed by atoms with Crippen molar-refractivity contribution in [1.82, 2.24) is 0 Å². The topological polar surface area (TPSA) is 44.8 Å². The third-order valence-electron chi connectivity index (χ3n) is 11.1. The molecule has 0 spiro atoms. The number of benzene rings is 2. The van der Waals surface area contributed by atoms with Gasteiger partial charge in [0.2, 0.25) is 0 Å². The maximum Gasteiger partial charge on any atom is 0.475 e. The molecule has 2 aromatic carbocycles. The van der Waals surface area contributed by atoms with Gasteiger partial charge in [0.15, 0.2) is 0 Å². The van der Waals surface area contributed by atoms with E-state index in [0.717, 1.165) is 48.1 Å². The Bertz CT molecular complexity index is 1070. The molecule has 0 saturated heterocycles. The molecule has 0 unspecified atom stereocenters. The van der Waals surface area contributed by atoms with E-state index in [4.69, 9.17) is 13.6 Å². The Hall–Kier alpha value is -1.45. The minimum Gasteiger partial charge on any atom is -0.284 e. The van der Waals surface area contributed by atoms with E-state index in [2.05, 4.69) is 13.8 Å². The number of fused-ring (bicyclic) bond motifs is 5. The second-order valence-corrected chi connectivity index (χ2v) is 14.8. The van der Waals surface area contributed by atoms with Crippen molar-refractivity contribution < 1.29 is 18.1 Å². The first kappa shape index (κ1) is 26.8. The molecule has 0 heterocycles. The number of hydrogen-bond donors (Lipinski definition) is 0. The van der Waals surface area contributed by atoms with Crippen LogP contribution in [0, 0.1) is 34.5 Å². The molecule has 0 radical (unpaired) electrons. The third kappa shape index (κ3) is 5.31. The molecule has 5 heteroatoms. The largest absolute Gasteiger partial charge is 0.475 e. The van der Waals surface area contributed by atoms with Gasteiger partial charge in [-0.05, 0) is 103 Å². The lowest BCUT2D eigenvalue weighted by Crippen LogP contribution is -2.53. The van der Waals surface area contributed by atoms with Crippen LogP contribution in [0.1, 0.15) is 89.2 Å². The predicted molar refractivity (Wildman–Crippen MR) is 151 cm³/mol. The Morgan fingerprint density at radius 3 is 2.08 bits per heavy atom. The lowest BCUT2D eigenvalue weighted by molar-refractivity contribution is -0.120. The standard InChI is InChI=1S/C33H45O4P/c1-32-19-9-14-30(32)29-16-15-27-22-28(17-21-33(27,2)31(29)18-20-32)37-38(34,35-23-25-10-5-3-6-11-25)36-24-26-12-7-4-8-13-26/h3-8,10-13,27-31H,9,14-24H2,1-2H3/t27-,28+,29-,30-,31-,32-,33-/m0/s1. The molecular weight excluding hydrogens is 491 g/mol. The zero-order valence-electron chi connectivity index (χ0n) is 23.2. The van der Waals surface area contributed by atoms with Gasteiger partial charge in [-0.15, -0.1) is 0 Å². The van der Waals surface area contributed by atoms with E-state index in [9.17, 15) is 4.57 Å². The Labute approximate surface area is 229 Å². The van der Waals surface area contributed by atoms with Gasteiger partial charge in [0, 0.05) is 0 Å². The summed E-state index contributed by atoms with van der Waals surface area (Å²) in [6.07, 6.45) is 12.8. The van der Waals surface area contributed by atoms with Gasteiger partial charge in [0.05, 0.1) is 19.3 Å². The molecule has 38 heavy (non-hydrogen) atoms. The lowest BCUT2D eigenvalue weighted by Gasteiger charge is -2.60. The minimum atomic E-state index is -3.74. The van der Waals surface area contributed by atoms with E-state index in [1.54, 1.807) is 0 Å². The average molecular weight is 537 g/mol. The maximum absolute atomic E-state index is 14.0. The van der Waals surface area contributed by atoms with Crippen LogP contribution in [0.15, 0.2) is 60.7 Å². The first-order valence-corrected chi connectivity index (χ1v) is 16.5. The normalized spacial score (nSPS) is 36.7. The molecule has 0 amide bonds. The molecule has 0 N–H and O–H groups in total. The van der Waals surface area contributed by atoms with Crippen molar-refractivity contribution in [2.75, 3.05) is 0 Å². The van der Waals surface area contributed by atoms with Crippen molar-refractivity contribution in [3.8, 4) is 0 Å². The highest BCUT2D eigenvalue weighted by Crippen LogP contribution is 2.67. The van der Waals surface area contributed by atoms with Crippen molar-refractivity contribution in [2.24, 2.45) is 34.5 Å². The summed E-state index contributed by atoms with van der Waals surface area (Å²) in [5.74, 6) is 3.31. The molecule has 0 bridgehead atoms. The highest BCUT2D eigenvalue weighted by Gasteiger charge is 2.58. The Morgan fingerprint density at radius 2 is 1.42 bits per heavy atom. The molecule has 0 aliphatic heterocycles. The molecule has 2 aromatic rings. The van der Waals surface area contributed by atoms with Crippen molar-refractivity contribution in [3.05, 3.63) is 71.8 Å². The van der Waals surface area contributed by atoms with Gasteiger partial charge in [-0.1, -0.05) is 80.9 Å². The average Bonchev–Trinajstić information content (AvgIpc) is 3.34. The molecule has 206 valence electrons. The Balaban J connectivity index is 1.14. The number of phosphoric acid groups is 1. The summed E-state index contributed by atoms with van der Waals surface area (Å²) < 4.78 is 32.3. The SMILES string of the molecule is C[C@@]12CCC[C@H]1[C@@H]1CC[C@H]3C[C@H](OP(=O)(OCc4ccccc4)OCc4ccccc4)CC[C@]3(C)[C@H]1CC2. The van der Waals surface area contributed by atoms with Crippen molar-refractivity contribution in [1.29, 1.82) is 0 Å². The van der Waals surface area contributed by atoms with Gasteiger partial charge < -0.3 is 0 Å². The highest BCUT2D eigenvalue weighted by atomic mass is 31.2. The van der Waals surface area contributed by atoms with Gasteiger partial charge in [0.1, 0.15) is 0 Å². The van der Waals surface area contributed by atoms with Crippen LogP contribution in [-0.2, 0) is 31.4 Å². The lowest BCUT2D eigenvalue weighted by atomic mass is 9.45. The van der Waals surface area contributed by atoms with Crippen molar-refractivity contribution in [3.63, 3.8) is 0 Å². The summed E-state index contributed by atoms with van der Waals surface area (Å²) in [5, 5.41) is 0. The van der Waals surface area contributed by atoms with Crippen molar-refractivity contribution in [2.45, 2.75) is 97.4 Å². The number of rotatable bonds is 8. The summed E-state index contributed by atoms with van der Waals surface area (Å²) in [4.78, 5) is 0. The molecule has 6 rings (SSSR count). The fraction of sp³-hybridized carbons (Fsp3) is 0.636. The molecule has 4 aliphatic rings. The molecule has 0 aromatic heterocycles. The van der Waals surface area contributed by atoms with Gasteiger partial charge in [0.25, 0.3) is 0 Å². The summed E-state index contributed by atoms with van der Waals surface area (Å²) >= 11 is 0. The summed E-state index contributed by atoms with van der Waals surface area (Å²) in [6, 6.07) is 19.7. The van der Waals surface area contributed by atoms with Crippen LogP contribution in [0.4, 0.5) is 0 Å². The predicted octanol–water partition coefficient (Wildman–Crippen LogP) is 9.35. The summed E-state index contributed by atoms with van der Waals surface area (Å²) in [5.41, 5.74) is 2.91. The first-order valence-electron chi connectivity index (χ1n) is 15.0. The second-order valence-electron chi connectivity index (χ2n) is 13.2. The first-order chi connectivity index (χ1) is 18.4. The molecular formula is C33H45O4P. The Morgan fingerprint density at radius 1 is 0.763 bits per heavy atom. The molecule has 4 saturated carbocycles. The van der Waals surface area contributed by atoms with Crippen LogP contribution in [-0.4, -0.2) is 6.10 Å². The van der Waals surface area contributed by atoms with Crippen molar-refractivity contribution >= 4 is 7.82 Å². The van der Waals surface area contributed by atoms with E-state index in [1.807, 2.05) is 60.7 Å².